The Hall–Kier alpha value is -2.95. The van der Waals surface area contributed by atoms with E-state index in [1.54, 1.807) is 24.5 Å². The standard InChI is InChI=1S/C27H33N3O2/c31-25(14-13-21-8-7-17-28-20-21)30-18-15-24(16-19-30)29-27(32)26(22-9-3-1-4-10-22)23-11-5-2-6-12-23/h1,3-4,7-10,13-14,17,20,23-24,26H,2,5-6,11-12,15-16,18-19H2,(H,29,32)/b14-13+. The zero-order valence-corrected chi connectivity index (χ0v) is 18.7. The number of likely N-dealkylation sites (tertiary alicyclic amines) is 1. The Morgan fingerprint density at radius 1 is 0.969 bits per heavy atom. The molecule has 2 amide bonds. The van der Waals surface area contributed by atoms with Crippen LogP contribution in [0.4, 0.5) is 0 Å². The van der Waals surface area contributed by atoms with Crippen LogP contribution in [0.25, 0.3) is 6.08 Å². The van der Waals surface area contributed by atoms with Gasteiger partial charge in [-0.1, -0.05) is 55.7 Å². The summed E-state index contributed by atoms with van der Waals surface area (Å²) in [7, 11) is 0. The highest BCUT2D eigenvalue weighted by molar-refractivity contribution is 5.91. The van der Waals surface area contributed by atoms with Gasteiger partial charge in [0.2, 0.25) is 11.8 Å². The molecule has 0 bridgehead atoms. The van der Waals surface area contributed by atoms with Gasteiger partial charge < -0.3 is 10.2 Å². The van der Waals surface area contributed by atoms with E-state index in [4.69, 9.17) is 0 Å². The van der Waals surface area contributed by atoms with Crippen LogP contribution >= 0.6 is 0 Å². The number of pyridine rings is 1. The molecule has 2 aromatic rings. The maximum absolute atomic E-state index is 13.4. The van der Waals surface area contributed by atoms with Gasteiger partial charge in [0, 0.05) is 37.6 Å². The second-order valence-electron chi connectivity index (χ2n) is 9.01. The van der Waals surface area contributed by atoms with Gasteiger partial charge in [-0.25, -0.2) is 0 Å². The summed E-state index contributed by atoms with van der Waals surface area (Å²) in [6.07, 6.45) is 14.4. The van der Waals surface area contributed by atoms with E-state index in [2.05, 4.69) is 22.4 Å². The normalized spacial score (nSPS) is 19.1. The van der Waals surface area contributed by atoms with E-state index in [9.17, 15) is 9.59 Å². The summed E-state index contributed by atoms with van der Waals surface area (Å²) in [5.74, 6) is 0.524. The van der Waals surface area contributed by atoms with Crippen LogP contribution in [0.1, 0.15) is 62.0 Å². The Kier molecular flexibility index (Phi) is 7.70. The first-order valence-corrected chi connectivity index (χ1v) is 11.9. The third-order valence-corrected chi connectivity index (χ3v) is 6.82. The fourth-order valence-corrected chi connectivity index (χ4v) is 5.05. The number of carbonyl (C=O) groups excluding carboxylic acids is 2. The minimum atomic E-state index is -0.0708. The lowest BCUT2D eigenvalue weighted by Gasteiger charge is -2.34. The van der Waals surface area contributed by atoms with Gasteiger partial charge in [0.05, 0.1) is 5.92 Å². The average molecular weight is 432 g/mol. The Morgan fingerprint density at radius 2 is 1.72 bits per heavy atom. The van der Waals surface area contributed by atoms with Crippen molar-refractivity contribution in [2.45, 2.75) is 56.9 Å². The Morgan fingerprint density at radius 3 is 2.41 bits per heavy atom. The lowest BCUT2D eigenvalue weighted by Crippen LogP contribution is -2.48. The molecule has 2 fully saturated rings. The van der Waals surface area contributed by atoms with Crippen LogP contribution in [0.15, 0.2) is 60.9 Å². The second kappa shape index (κ2) is 11.1. The summed E-state index contributed by atoms with van der Waals surface area (Å²) in [5.41, 5.74) is 2.04. The van der Waals surface area contributed by atoms with Gasteiger partial charge in [0.15, 0.2) is 0 Å². The number of hydrogen-bond acceptors (Lipinski definition) is 3. The molecule has 0 spiro atoms. The number of rotatable bonds is 6. The van der Waals surface area contributed by atoms with Crippen molar-refractivity contribution < 1.29 is 9.59 Å². The molecule has 32 heavy (non-hydrogen) atoms. The number of piperidine rings is 1. The molecule has 1 aromatic heterocycles. The van der Waals surface area contributed by atoms with Crippen molar-refractivity contribution in [2.24, 2.45) is 5.92 Å². The quantitative estimate of drug-likeness (QED) is 0.682. The van der Waals surface area contributed by atoms with E-state index in [1.807, 2.05) is 35.2 Å². The number of aromatic nitrogens is 1. The van der Waals surface area contributed by atoms with E-state index in [0.29, 0.717) is 19.0 Å². The maximum atomic E-state index is 13.4. The minimum Gasteiger partial charge on any atom is -0.353 e. The van der Waals surface area contributed by atoms with Crippen LogP contribution in [-0.2, 0) is 9.59 Å². The summed E-state index contributed by atoms with van der Waals surface area (Å²) in [6, 6.07) is 14.2. The first-order chi connectivity index (χ1) is 15.7. The molecule has 1 atom stereocenters. The molecule has 1 aromatic carbocycles. The van der Waals surface area contributed by atoms with Crippen molar-refractivity contribution in [1.82, 2.24) is 15.2 Å². The van der Waals surface area contributed by atoms with E-state index in [0.717, 1.165) is 36.8 Å². The summed E-state index contributed by atoms with van der Waals surface area (Å²) >= 11 is 0. The lowest BCUT2D eigenvalue weighted by atomic mass is 9.76. The monoisotopic (exact) mass is 431 g/mol. The van der Waals surface area contributed by atoms with Gasteiger partial charge in [0.25, 0.3) is 0 Å². The van der Waals surface area contributed by atoms with Crippen LogP contribution in [-0.4, -0.2) is 40.8 Å². The van der Waals surface area contributed by atoms with Crippen molar-refractivity contribution in [3.63, 3.8) is 0 Å². The summed E-state index contributed by atoms with van der Waals surface area (Å²) in [4.78, 5) is 31.8. The molecule has 1 aliphatic carbocycles. The summed E-state index contributed by atoms with van der Waals surface area (Å²) in [6.45, 7) is 1.33. The molecule has 4 rings (SSSR count). The predicted octanol–water partition coefficient (Wildman–Crippen LogP) is 4.57. The van der Waals surface area contributed by atoms with E-state index >= 15 is 0 Å². The molecule has 1 saturated carbocycles. The fraction of sp³-hybridized carbons (Fsp3) is 0.444. The van der Waals surface area contributed by atoms with Gasteiger partial charge in [-0.05, 0) is 54.9 Å². The van der Waals surface area contributed by atoms with Crippen LogP contribution in [0.3, 0.4) is 0 Å². The van der Waals surface area contributed by atoms with Crippen molar-refractivity contribution in [3.8, 4) is 0 Å². The van der Waals surface area contributed by atoms with Crippen molar-refractivity contribution >= 4 is 17.9 Å². The SMILES string of the molecule is O=C(NC1CCN(C(=O)/C=C/c2cccnc2)CC1)C(c1ccccc1)C1CCCCC1. The number of nitrogens with one attached hydrogen (secondary N) is 1. The predicted molar refractivity (Wildman–Crippen MR) is 127 cm³/mol. The Bertz CT molecular complexity index is 899. The van der Waals surface area contributed by atoms with Gasteiger partial charge in [0.1, 0.15) is 0 Å². The van der Waals surface area contributed by atoms with Gasteiger partial charge >= 0.3 is 0 Å². The highest BCUT2D eigenvalue weighted by atomic mass is 16.2. The molecule has 1 N–H and O–H groups in total. The van der Waals surface area contributed by atoms with Gasteiger partial charge in [-0.15, -0.1) is 0 Å². The van der Waals surface area contributed by atoms with Crippen molar-refractivity contribution in [1.29, 1.82) is 0 Å². The van der Waals surface area contributed by atoms with Crippen LogP contribution in [0.5, 0.6) is 0 Å². The van der Waals surface area contributed by atoms with Crippen molar-refractivity contribution in [3.05, 3.63) is 72.1 Å². The molecule has 168 valence electrons. The smallest absolute Gasteiger partial charge is 0.246 e. The molecule has 2 heterocycles. The lowest BCUT2D eigenvalue weighted by molar-refractivity contribution is -0.127. The largest absolute Gasteiger partial charge is 0.353 e. The molecule has 1 aliphatic heterocycles. The second-order valence-corrected chi connectivity index (χ2v) is 9.01. The molecule has 2 aliphatic rings. The highest BCUT2D eigenvalue weighted by Crippen LogP contribution is 2.36. The fourth-order valence-electron chi connectivity index (χ4n) is 5.05. The maximum Gasteiger partial charge on any atom is 0.246 e. The average Bonchev–Trinajstić information content (AvgIpc) is 2.85. The molecule has 0 radical (unpaired) electrons. The van der Waals surface area contributed by atoms with E-state index < -0.39 is 0 Å². The summed E-state index contributed by atoms with van der Waals surface area (Å²) < 4.78 is 0. The number of benzene rings is 1. The summed E-state index contributed by atoms with van der Waals surface area (Å²) in [5, 5.41) is 3.33. The molecule has 5 nitrogen and oxygen atoms in total. The molecule has 5 heteroatoms. The molecule has 1 unspecified atom stereocenters. The third kappa shape index (κ3) is 5.84. The van der Waals surface area contributed by atoms with Crippen molar-refractivity contribution in [2.75, 3.05) is 13.1 Å². The van der Waals surface area contributed by atoms with Crippen LogP contribution < -0.4 is 5.32 Å². The highest BCUT2D eigenvalue weighted by Gasteiger charge is 2.32. The zero-order chi connectivity index (χ0) is 22.2. The van der Waals surface area contributed by atoms with Gasteiger partial charge in [-0.3, -0.25) is 14.6 Å². The number of carbonyl (C=O) groups is 2. The zero-order valence-electron chi connectivity index (χ0n) is 18.7. The van der Waals surface area contributed by atoms with E-state index in [1.165, 1.54) is 19.3 Å². The van der Waals surface area contributed by atoms with Crippen LogP contribution in [0.2, 0.25) is 0 Å². The van der Waals surface area contributed by atoms with E-state index in [-0.39, 0.29) is 23.8 Å². The first-order valence-electron chi connectivity index (χ1n) is 11.9. The number of hydrogen-bond donors (Lipinski definition) is 1. The molecular formula is C27H33N3O2. The molecular weight excluding hydrogens is 398 g/mol. The van der Waals surface area contributed by atoms with Crippen LogP contribution in [0, 0.1) is 5.92 Å². The first kappa shape index (κ1) is 22.3. The molecule has 1 saturated heterocycles. The van der Waals surface area contributed by atoms with Gasteiger partial charge in [-0.2, -0.15) is 0 Å². The number of amides is 2. The Labute approximate surface area is 190 Å². The number of nitrogens with zero attached hydrogens (tertiary/aromatic N) is 2. The topological polar surface area (TPSA) is 62.3 Å². The third-order valence-electron chi connectivity index (χ3n) is 6.82. The minimum absolute atomic E-state index is 0.0167. The Balaban J connectivity index is 1.32.